The van der Waals surface area contributed by atoms with Crippen LogP contribution in [0.4, 0.5) is 0 Å². The molecule has 0 saturated heterocycles. The monoisotopic (exact) mass is 335 g/mol. The molecule has 1 unspecified atom stereocenters. The van der Waals surface area contributed by atoms with Gasteiger partial charge in [0.1, 0.15) is 17.1 Å². The van der Waals surface area contributed by atoms with Crippen molar-refractivity contribution in [1.29, 1.82) is 5.26 Å². The summed E-state index contributed by atoms with van der Waals surface area (Å²) in [5, 5.41) is 9.09. The molecule has 3 rings (SSSR count). The third kappa shape index (κ3) is 3.04. The molecule has 0 saturated carbocycles. The standard InChI is InChI=1S/C19H17N3O3/c1-24-15-9-8-13(14(10-11-20)19(23)25-2)16-17(15)22-18(21-16)12-6-4-3-5-7-12/h3-9,14H,10H2,1-2H3,(H,21,22). The van der Waals surface area contributed by atoms with Crippen LogP contribution >= 0.6 is 0 Å². The summed E-state index contributed by atoms with van der Waals surface area (Å²) < 4.78 is 10.3. The van der Waals surface area contributed by atoms with Crippen molar-refractivity contribution in [2.75, 3.05) is 14.2 Å². The normalized spacial score (nSPS) is 11.7. The number of H-pyrrole nitrogens is 1. The lowest BCUT2D eigenvalue weighted by Crippen LogP contribution is -2.14. The number of methoxy groups -OCH3 is 2. The number of nitrogens with one attached hydrogen (secondary N) is 1. The van der Waals surface area contributed by atoms with Crippen molar-refractivity contribution in [2.45, 2.75) is 12.3 Å². The van der Waals surface area contributed by atoms with E-state index in [9.17, 15) is 4.79 Å². The molecule has 0 spiro atoms. The van der Waals surface area contributed by atoms with Crippen molar-refractivity contribution < 1.29 is 14.3 Å². The number of rotatable bonds is 5. The second-order valence-electron chi connectivity index (χ2n) is 5.47. The lowest BCUT2D eigenvalue weighted by molar-refractivity contribution is -0.142. The van der Waals surface area contributed by atoms with Crippen molar-refractivity contribution in [2.24, 2.45) is 0 Å². The lowest BCUT2D eigenvalue weighted by Gasteiger charge is -2.13. The number of aromatic nitrogens is 2. The molecule has 0 aliphatic rings. The van der Waals surface area contributed by atoms with Gasteiger partial charge in [-0.3, -0.25) is 4.79 Å². The van der Waals surface area contributed by atoms with Gasteiger partial charge in [-0.2, -0.15) is 5.26 Å². The van der Waals surface area contributed by atoms with Gasteiger partial charge in [0.25, 0.3) is 0 Å². The summed E-state index contributed by atoms with van der Waals surface area (Å²) in [5.41, 5.74) is 2.87. The smallest absolute Gasteiger partial charge is 0.314 e. The van der Waals surface area contributed by atoms with Crippen LogP contribution in [0.25, 0.3) is 22.4 Å². The molecule has 1 aromatic heterocycles. The fourth-order valence-corrected chi connectivity index (χ4v) is 2.83. The molecule has 1 heterocycles. The Kier molecular flexibility index (Phi) is 4.66. The van der Waals surface area contributed by atoms with Gasteiger partial charge >= 0.3 is 5.97 Å². The van der Waals surface area contributed by atoms with Crippen molar-refractivity contribution in [3.05, 3.63) is 48.0 Å². The van der Waals surface area contributed by atoms with E-state index in [-0.39, 0.29) is 6.42 Å². The zero-order valence-corrected chi connectivity index (χ0v) is 13.9. The summed E-state index contributed by atoms with van der Waals surface area (Å²) in [6.07, 6.45) is 0.0216. The fraction of sp³-hybridized carbons (Fsp3) is 0.211. The molecule has 25 heavy (non-hydrogen) atoms. The van der Waals surface area contributed by atoms with Gasteiger partial charge in [0.15, 0.2) is 0 Å². The second kappa shape index (κ2) is 7.05. The molecule has 2 aromatic carbocycles. The number of hydrogen-bond donors (Lipinski definition) is 1. The van der Waals surface area contributed by atoms with Crippen LogP contribution in [0.15, 0.2) is 42.5 Å². The maximum atomic E-state index is 12.1. The first-order valence-electron chi connectivity index (χ1n) is 7.76. The number of ether oxygens (including phenoxy) is 2. The third-order valence-corrected chi connectivity index (χ3v) is 4.06. The number of aromatic amines is 1. The number of nitrogens with zero attached hydrogens (tertiary/aromatic N) is 2. The predicted molar refractivity (Wildman–Crippen MR) is 93.1 cm³/mol. The van der Waals surface area contributed by atoms with E-state index >= 15 is 0 Å². The van der Waals surface area contributed by atoms with Gasteiger partial charge in [-0.25, -0.2) is 4.98 Å². The molecular formula is C19H17N3O3. The van der Waals surface area contributed by atoms with Crippen LogP contribution in [0.1, 0.15) is 17.9 Å². The van der Waals surface area contributed by atoms with Crippen molar-refractivity contribution in [3.8, 4) is 23.2 Å². The highest BCUT2D eigenvalue weighted by Crippen LogP contribution is 2.34. The van der Waals surface area contributed by atoms with Crippen molar-refractivity contribution in [1.82, 2.24) is 9.97 Å². The molecule has 6 heteroatoms. The molecule has 3 aromatic rings. The fourth-order valence-electron chi connectivity index (χ4n) is 2.83. The van der Waals surface area contributed by atoms with Crippen LogP contribution < -0.4 is 4.74 Å². The SMILES string of the molecule is COC(=O)C(CC#N)c1ccc(OC)c2nc(-c3ccccc3)[nH]c12. The highest BCUT2D eigenvalue weighted by Gasteiger charge is 2.26. The van der Waals surface area contributed by atoms with Gasteiger partial charge in [-0.15, -0.1) is 0 Å². The number of carbonyl (C=O) groups excluding carboxylic acids is 1. The summed E-state index contributed by atoms with van der Waals surface area (Å²) in [6, 6.07) is 15.2. The van der Waals surface area contributed by atoms with Crippen LogP contribution in [0.5, 0.6) is 5.75 Å². The van der Waals surface area contributed by atoms with Crippen LogP contribution in [0, 0.1) is 11.3 Å². The van der Waals surface area contributed by atoms with Gasteiger partial charge in [-0.05, 0) is 11.6 Å². The molecule has 0 fully saturated rings. The zero-order chi connectivity index (χ0) is 17.8. The summed E-state index contributed by atoms with van der Waals surface area (Å²) in [6.45, 7) is 0. The first-order valence-corrected chi connectivity index (χ1v) is 7.76. The minimum atomic E-state index is -0.688. The summed E-state index contributed by atoms with van der Waals surface area (Å²) in [7, 11) is 2.88. The zero-order valence-electron chi connectivity index (χ0n) is 13.9. The van der Waals surface area contributed by atoms with Crippen LogP contribution in [-0.4, -0.2) is 30.2 Å². The van der Waals surface area contributed by atoms with Crippen LogP contribution in [0.3, 0.4) is 0 Å². The van der Waals surface area contributed by atoms with Gasteiger partial charge in [-0.1, -0.05) is 36.4 Å². The van der Waals surface area contributed by atoms with Gasteiger partial charge in [0, 0.05) is 5.56 Å². The maximum Gasteiger partial charge on any atom is 0.314 e. The molecule has 0 aliphatic carbocycles. The Bertz CT molecular complexity index is 942. The van der Waals surface area contributed by atoms with E-state index in [1.807, 2.05) is 36.4 Å². The Labute approximate surface area is 145 Å². The summed E-state index contributed by atoms with van der Waals surface area (Å²) >= 11 is 0. The number of hydrogen-bond acceptors (Lipinski definition) is 5. The molecule has 0 bridgehead atoms. The van der Waals surface area contributed by atoms with Crippen LogP contribution in [-0.2, 0) is 9.53 Å². The molecular weight excluding hydrogens is 318 g/mol. The topological polar surface area (TPSA) is 88.0 Å². The predicted octanol–water partition coefficient (Wildman–Crippen LogP) is 3.41. The summed E-state index contributed by atoms with van der Waals surface area (Å²) in [4.78, 5) is 20.0. The van der Waals surface area contributed by atoms with E-state index in [1.165, 1.54) is 7.11 Å². The average Bonchev–Trinajstić information content (AvgIpc) is 3.11. The molecule has 0 amide bonds. The van der Waals surface area contributed by atoms with Gasteiger partial charge in [0.05, 0.1) is 38.1 Å². The largest absolute Gasteiger partial charge is 0.494 e. The molecule has 1 atom stereocenters. The maximum absolute atomic E-state index is 12.1. The van der Waals surface area contributed by atoms with Crippen molar-refractivity contribution >= 4 is 17.0 Å². The quantitative estimate of drug-likeness (QED) is 0.722. The second-order valence-corrected chi connectivity index (χ2v) is 5.47. The van der Waals surface area contributed by atoms with Gasteiger partial charge in [0.2, 0.25) is 0 Å². The number of imidazole rings is 1. The average molecular weight is 335 g/mol. The number of fused-ring (bicyclic) bond motifs is 1. The van der Waals surface area contributed by atoms with Crippen molar-refractivity contribution in [3.63, 3.8) is 0 Å². The lowest BCUT2D eigenvalue weighted by atomic mass is 9.95. The minimum absolute atomic E-state index is 0.0216. The Morgan fingerprint density at radius 2 is 2.00 bits per heavy atom. The van der Waals surface area contributed by atoms with E-state index in [0.717, 1.165) is 5.56 Å². The number of nitriles is 1. The minimum Gasteiger partial charge on any atom is -0.494 e. The molecule has 1 N–H and O–H groups in total. The van der Waals surface area contributed by atoms with E-state index in [2.05, 4.69) is 9.97 Å². The highest BCUT2D eigenvalue weighted by atomic mass is 16.5. The first-order chi connectivity index (χ1) is 12.2. The van der Waals surface area contributed by atoms with Gasteiger partial charge < -0.3 is 14.5 Å². The molecule has 126 valence electrons. The Balaban J connectivity index is 2.22. The number of esters is 1. The van der Waals surface area contributed by atoms with Crippen LogP contribution in [0.2, 0.25) is 0 Å². The first kappa shape index (κ1) is 16.5. The van der Waals surface area contributed by atoms with E-state index in [1.54, 1.807) is 19.2 Å². The van der Waals surface area contributed by atoms with E-state index in [4.69, 9.17) is 14.7 Å². The Hall–Kier alpha value is -3.33. The van der Waals surface area contributed by atoms with E-state index in [0.29, 0.717) is 28.2 Å². The Morgan fingerprint density at radius 3 is 2.64 bits per heavy atom. The molecule has 0 radical (unpaired) electrons. The van der Waals surface area contributed by atoms with E-state index < -0.39 is 11.9 Å². The summed E-state index contributed by atoms with van der Waals surface area (Å²) in [5.74, 6) is 0.121. The Morgan fingerprint density at radius 1 is 1.24 bits per heavy atom. The number of carbonyl (C=O) groups is 1. The molecule has 0 aliphatic heterocycles. The molecule has 6 nitrogen and oxygen atoms in total. The third-order valence-electron chi connectivity index (χ3n) is 4.06. The highest BCUT2D eigenvalue weighted by molar-refractivity contribution is 5.92. The number of benzene rings is 2.